The third-order valence-corrected chi connectivity index (χ3v) is 5.14. The number of rotatable bonds is 16. The molecule has 0 aliphatic carbocycles. The Morgan fingerprint density at radius 1 is 0.971 bits per heavy atom. The van der Waals surface area contributed by atoms with Crippen molar-refractivity contribution in [2.75, 3.05) is 39.5 Å². The molecule has 0 bridgehead atoms. The van der Waals surface area contributed by atoms with Crippen LogP contribution in [0.25, 0.3) is 0 Å². The summed E-state index contributed by atoms with van der Waals surface area (Å²) in [5, 5.41) is 9.24. The maximum absolute atomic E-state index is 12.8. The Balaban J connectivity index is 1.90. The fraction of sp³-hybridized carbons (Fsp3) is 0.481. The molecule has 1 atom stereocenters. The van der Waals surface area contributed by atoms with E-state index in [0.717, 1.165) is 17.5 Å². The summed E-state index contributed by atoms with van der Waals surface area (Å²) >= 11 is 0. The number of hydrogen-bond donors (Lipinski definition) is 1. The van der Waals surface area contributed by atoms with Crippen molar-refractivity contribution in [3.8, 4) is 11.5 Å². The lowest BCUT2D eigenvalue weighted by atomic mass is 10.1. The number of aryl methyl sites for hydroxylation is 1. The Kier molecular flexibility index (Phi) is 12.7. The molecule has 0 saturated heterocycles. The maximum Gasteiger partial charge on any atom is 0.415 e. The first-order valence-corrected chi connectivity index (χ1v) is 12.1. The first-order chi connectivity index (χ1) is 16.9. The highest BCUT2D eigenvalue weighted by molar-refractivity contribution is 5.72. The summed E-state index contributed by atoms with van der Waals surface area (Å²) < 4.78 is 22.2. The van der Waals surface area contributed by atoms with Crippen LogP contribution in [-0.2, 0) is 20.7 Å². The summed E-state index contributed by atoms with van der Waals surface area (Å²) in [6.45, 7) is 8.51. The van der Waals surface area contributed by atoms with Crippen LogP contribution in [0.4, 0.5) is 4.79 Å². The zero-order chi connectivity index (χ0) is 25.5. The van der Waals surface area contributed by atoms with E-state index < -0.39 is 18.2 Å². The molecule has 0 saturated carbocycles. The summed E-state index contributed by atoms with van der Waals surface area (Å²) in [5.41, 5.74) is 1.85. The van der Waals surface area contributed by atoms with E-state index in [0.29, 0.717) is 50.8 Å². The largest absolute Gasteiger partial charge is 0.492 e. The van der Waals surface area contributed by atoms with Gasteiger partial charge in [0.05, 0.1) is 6.54 Å². The Morgan fingerprint density at radius 2 is 1.74 bits per heavy atom. The minimum Gasteiger partial charge on any atom is -0.492 e. The molecule has 192 valence electrons. The molecule has 0 heterocycles. The average molecular weight is 488 g/mol. The van der Waals surface area contributed by atoms with E-state index in [1.54, 1.807) is 30.0 Å². The highest BCUT2D eigenvalue weighted by Gasteiger charge is 2.18. The van der Waals surface area contributed by atoms with Crippen LogP contribution in [0.2, 0.25) is 0 Å². The Hall–Kier alpha value is -3.10. The molecule has 8 heteroatoms. The molecule has 2 aromatic rings. The second-order valence-electron chi connectivity index (χ2n) is 8.12. The van der Waals surface area contributed by atoms with Gasteiger partial charge in [0.25, 0.3) is 0 Å². The van der Waals surface area contributed by atoms with E-state index in [-0.39, 0.29) is 13.0 Å². The Labute approximate surface area is 207 Å². The number of amides is 1. The van der Waals surface area contributed by atoms with Crippen molar-refractivity contribution in [3.63, 3.8) is 0 Å². The molecule has 1 unspecified atom stereocenters. The van der Waals surface area contributed by atoms with Crippen LogP contribution in [-0.4, -0.2) is 67.7 Å². The number of carbonyl (C=O) groups is 2. The second-order valence-corrected chi connectivity index (χ2v) is 8.12. The Morgan fingerprint density at radius 3 is 2.40 bits per heavy atom. The smallest absolute Gasteiger partial charge is 0.415 e. The quantitative estimate of drug-likeness (QED) is 0.342. The summed E-state index contributed by atoms with van der Waals surface area (Å²) in [6.07, 6.45) is 0.625. The SMILES string of the molecule is CCCOCCCN(CCOc1ccc(CC(OCC)C(=O)O)cc1)C(=O)Oc1cccc(C)c1. The maximum atomic E-state index is 12.8. The molecule has 8 nitrogen and oxygen atoms in total. The molecule has 0 aliphatic heterocycles. The van der Waals surface area contributed by atoms with Crippen molar-refractivity contribution in [1.82, 2.24) is 4.90 Å². The molecular formula is C27H37NO7. The molecule has 0 aliphatic rings. The third kappa shape index (κ3) is 10.8. The van der Waals surface area contributed by atoms with Gasteiger partial charge in [0.2, 0.25) is 0 Å². The number of hydrogen-bond acceptors (Lipinski definition) is 6. The summed E-state index contributed by atoms with van der Waals surface area (Å²) in [4.78, 5) is 25.7. The molecular weight excluding hydrogens is 450 g/mol. The van der Waals surface area contributed by atoms with Crippen LogP contribution in [0, 0.1) is 6.92 Å². The van der Waals surface area contributed by atoms with Gasteiger partial charge in [0, 0.05) is 32.8 Å². The van der Waals surface area contributed by atoms with Crippen LogP contribution >= 0.6 is 0 Å². The molecule has 2 aromatic carbocycles. The van der Waals surface area contributed by atoms with Gasteiger partial charge < -0.3 is 29.0 Å². The molecule has 2 rings (SSSR count). The standard InChI is InChI=1S/C27H37NO7/c1-4-16-32-17-7-14-28(27(31)35-24-9-6-8-21(3)19-24)15-18-34-23-12-10-22(11-13-23)20-25(26(29)30)33-5-2/h6,8-13,19,25H,4-5,7,14-18,20H2,1-3H3,(H,29,30). The molecule has 1 amide bonds. The van der Waals surface area contributed by atoms with Crippen molar-refractivity contribution in [3.05, 3.63) is 59.7 Å². The number of benzene rings is 2. The number of ether oxygens (including phenoxy) is 4. The summed E-state index contributed by atoms with van der Waals surface area (Å²) in [7, 11) is 0. The molecule has 1 N–H and O–H groups in total. The van der Waals surface area contributed by atoms with Gasteiger partial charge in [-0.15, -0.1) is 0 Å². The van der Waals surface area contributed by atoms with E-state index in [4.69, 9.17) is 18.9 Å². The number of carboxylic acids is 1. The second kappa shape index (κ2) is 15.7. The average Bonchev–Trinajstić information content (AvgIpc) is 2.83. The molecule has 0 spiro atoms. The summed E-state index contributed by atoms with van der Waals surface area (Å²) in [5.74, 6) is 0.158. The van der Waals surface area contributed by atoms with Crippen molar-refractivity contribution in [2.24, 2.45) is 0 Å². The normalized spacial score (nSPS) is 11.6. The first-order valence-electron chi connectivity index (χ1n) is 12.1. The van der Waals surface area contributed by atoms with Gasteiger partial charge in [-0.25, -0.2) is 9.59 Å². The molecule has 35 heavy (non-hydrogen) atoms. The van der Waals surface area contributed by atoms with Crippen LogP contribution in [0.5, 0.6) is 11.5 Å². The van der Waals surface area contributed by atoms with Gasteiger partial charge in [-0.1, -0.05) is 31.2 Å². The zero-order valence-corrected chi connectivity index (χ0v) is 20.9. The Bertz CT molecular complexity index is 901. The molecule has 0 fully saturated rings. The van der Waals surface area contributed by atoms with Gasteiger partial charge in [-0.2, -0.15) is 0 Å². The lowest BCUT2D eigenvalue weighted by Gasteiger charge is -2.22. The third-order valence-electron chi connectivity index (χ3n) is 5.14. The number of aliphatic carboxylic acids is 1. The van der Waals surface area contributed by atoms with Gasteiger partial charge in [-0.05, 0) is 62.1 Å². The van der Waals surface area contributed by atoms with Gasteiger partial charge in [0.15, 0.2) is 6.10 Å². The van der Waals surface area contributed by atoms with Crippen molar-refractivity contribution < 1.29 is 33.6 Å². The van der Waals surface area contributed by atoms with Crippen LogP contribution in [0.1, 0.15) is 37.8 Å². The predicted octanol–water partition coefficient (Wildman–Crippen LogP) is 4.72. The van der Waals surface area contributed by atoms with Gasteiger partial charge in [-0.3, -0.25) is 0 Å². The monoisotopic (exact) mass is 487 g/mol. The fourth-order valence-electron chi connectivity index (χ4n) is 3.37. The highest BCUT2D eigenvalue weighted by atomic mass is 16.6. The number of carbonyl (C=O) groups excluding carboxylic acids is 1. The summed E-state index contributed by atoms with van der Waals surface area (Å²) in [6, 6.07) is 14.6. The van der Waals surface area contributed by atoms with Gasteiger partial charge >= 0.3 is 12.1 Å². The van der Waals surface area contributed by atoms with E-state index in [2.05, 4.69) is 6.92 Å². The van der Waals surface area contributed by atoms with E-state index >= 15 is 0 Å². The van der Waals surface area contributed by atoms with Crippen LogP contribution < -0.4 is 9.47 Å². The minimum absolute atomic E-state index is 0.280. The minimum atomic E-state index is -0.982. The lowest BCUT2D eigenvalue weighted by molar-refractivity contribution is -0.149. The predicted molar refractivity (Wildman–Crippen MR) is 133 cm³/mol. The molecule has 0 aromatic heterocycles. The van der Waals surface area contributed by atoms with E-state index in [9.17, 15) is 14.7 Å². The van der Waals surface area contributed by atoms with Gasteiger partial charge in [0.1, 0.15) is 18.1 Å². The van der Waals surface area contributed by atoms with Crippen molar-refractivity contribution >= 4 is 12.1 Å². The zero-order valence-electron chi connectivity index (χ0n) is 20.9. The fourth-order valence-corrected chi connectivity index (χ4v) is 3.37. The van der Waals surface area contributed by atoms with Crippen molar-refractivity contribution in [2.45, 2.75) is 46.1 Å². The van der Waals surface area contributed by atoms with E-state index in [1.165, 1.54) is 0 Å². The first kappa shape index (κ1) is 28.1. The van der Waals surface area contributed by atoms with Crippen LogP contribution in [0.15, 0.2) is 48.5 Å². The topological polar surface area (TPSA) is 94.5 Å². The van der Waals surface area contributed by atoms with Crippen LogP contribution in [0.3, 0.4) is 0 Å². The highest BCUT2D eigenvalue weighted by Crippen LogP contribution is 2.16. The number of carboxylic acid groups (broad SMARTS) is 1. The number of nitrogens with zero attached hydrogens (tertiary/aromatic N) is 1. The van der Waals surface area contributed by atoms with E-state index in [1.807, 2.05) is 37.3 Å². The van der Waals surface area contributed by atoms with Crippen molar-refractivity contribution in [1.29, 1.82) is 0 Å². The molecule has 0 radical (unpaired) electrons. The lowest BCUT2D eigenvalue weighted by Crippen LogP contribution is -2.38.